The molecule has 1 rings (SSSR count). The first-order valence-electron chi connectivity index (χ1n) is 6.44. The summed E-state index contributed by atoms with van der Waals surface area (Å²) in [6.45, 7) is -3.08. The highest BCUT2D eigenvalue weighted by Crippen LogP contribution is 2.42. The Balaban J connectivity index is 2.85. The fourth-order valence-electron chi connectivity index (χ4n) is 1.43. The first-order chi connectivity index (χ1) is 11.6. The van der Waals surface area contributed by atoms with Crippen molar-refractivity contribution in [3.05, 3.63) is 0 Å². The monoisotopic (exact) mass is 408 g/mol. The number of carbonyl (C=O) groups is 2. The van der Waals surface area contributed by atoms with Crippen molar-refractivity contribution in [2.75, 3.05) is 13.2 Å². The molecule has 1 fully saturated rings. The Morgan fingerprint density at radius 1 is 0.885 bits per heavy atom. The quantitative estimate of drug-likeness (QED) is 0.331. The van der Waals surface area contributed by atoms with E-state index < -0.39 is 61.7 Å². The lowest BCUT2D eigenvalue weighted by Crippen LogP contribution is -2.53. The lowest BCUT2D eigenvalue weighted by Gasteiger charge is -2.30. The van der Waals surface area contributed by atoms with Gasteiger partial charge < -0.3 is 14.2 Å². The maximum atomic E-state index is 13.3. The molecule has 0 aliphatic carbocycles. The predicted molar refractivity (Wildman–Crippen MR) is 58.2 cm³/mol. The molecule has 0 bridgehead atoms. The van der Waals surface area contributed by atoms with Crippen LogP contribution < -0.4 is 0 Å². The van der Waals surface area contributed by atoms with Gasteiger partial charge in [0.1, 0.15) is 6.61 Å². The first kappa shape index (κ1) is 22.4. The van der Waals surface area contributed by atoms with Crippen molar-refractivity contribution in [1.29, 1.82) is 0 Å². The zero-order chi connectivity index (χ0) is 20.6. The molecule has 0 saturated carbocycles. The van der Waals surface area contributed by atoms with Crippen LogP contribution in [-0.4, -0.2) is 61.7 Å². The van der Waals surface area contributed by atoms with Gasteiger partial charge in [-0.1, -0.05) is 0 Å². The average Bonchev–Trinajstić information content (AvgIpc) is 2.71. The molecule has 0 N–H and O–H groups in total. The van der Waals surface area contributed by atoms with Gasteiger partial charge in [-0.3, -0.25) is 4.74 Å². The summed E-state index contributed by atoms with van der Waals surface area (Å²) in [4.78, 5) is 21.5. The number of hydrogen-bond acceptors (Lipinski definition) is 6. The normalized spacial score (nSPS) is 22.7. The number of carbonyl (C=O) groups excluding carboxylic acids is 2. The molecule has 0 aromatic rings. The highest BCUT2D eigenvalue weighted by Gasteiger charge is 2.67. The second-order valence-electron chi connectivity index (χ2n) is 4.66. The summed E-state index contributed by atoms with van der Waals surface area (Å²) < 4.78 is 131. The Kier molecular flexibility index (Phi) is 6.20. The summed E-state index contributed by atoms with van der Waals surface area (Å²) in [5.74, 6) is -9.57. The van der Waals surface area contributed by atoms with Gasteiger partial charge >= 0.3 is 36.2 Å². The summed E-state index contributed by atoms with van der Waals surface area (Å²) in [5, 5.41) is 0. The third-order valence-electron chi connectivity index (χ3n) is 2.72. The maximum absolute atomic E-state index is 13.3. The Morgan fingerprint density at radius 2 is 1.42 bits per heavy atom. The number of hydrogen-bond donors (Lipinski definition) is 0. The van der Waals surface area contributed by atoms with Crippen molar-refractivity contribution in [2.24, 2.45) is 0 Å². The molecule has 152 valence electrons. The van der Waals surface area contributed by atoms with Crippen LogP contribution in [-0.2, 0) is 28.5 Å². The van der Waals surface area contributed by atoms with Crippen LogP contribution in [0.1, 0.15) is 6.92 Å². The van der Waals surface area contributed by atoms with Crippen molar-refractivity contribution >= 4 is 11.9 Å². The van der Waals surface area contributed by atoms with Crippen molar-refractivity contribution in [2.45, 2.75) is 43.4 Å². The van der Waals surface area contributed by atoms with Crippen molar-refractivity contribution in [3.63, 3.8) is 0 Å². The predicted octanol–water partition coefficient (Wildman–Crippen LogP) is 2.26. The van der Waals surface area contributed by atoms with Gasteiger partial charge in [0.25, 0.3) is 0 Å². The molecule has 0 spiro atoms. The largest absolute Gasteiger partial charge is 0.449 e. The van der Waals surface area contributed by atoms with E-state index >= 15 is 0 Å². The minimum Gasteiger partial charge on any atom is -0.389 e. The number of rotatable bonds is 9. The number of halogens is 9. The van der Waals surface area contributed by atoms with Crippen LogP contribution in [0, 0.1) is 0 Å². The SMILES string of the molecule is CCOC(F)(F)C(F)(F)COC(F)(F)C(F)(F)OC1C(=O)OC(=O)[C@H]1F. The van der Waals surface area contributed by atoms with Gasteiger partial charge in [-0.05, 0) is 6.92 Å². The second-order valence-corrected chi connectivity index (χ2v) is 4.66. The number of cyclic esters (lactones) is 2. The van der Waals surface area contributed by atoms with Crippen LogP contribution >= 0.6 is 0 Å². The van der Waals surface area contributed by atoms with Crippen LogP contribution in [0.5, 0.6) is 0 Å². The van der Waals surface area contributed by atoms with Gasteiger partial charge in [-0.25, -0.2) is 14.0 Å². The van der Waals surface area contributed by atoms with Gasteiger partial charge in [0, 0.05) is 0 Å². The van der Waals surface area contributed by atoms with Gasteiger partial charge in [-0.15, -0.1) is 0 Å². The molecule has 0 amide bonds. The third kappa shape index (κ3) is 4.37. The van der Waals surface area contributed by atoms with E-state index in [1.807, 2.05) is 0 Å². The molecule has 0 radical (unpaired) electrons. The van der Waals surface area contributed by atoms with Crippen LogP contribution in [0.4, 0.5) is 39.5 Å². The number of ether oxygens (including phenoxy) is 4. The molecular weight excluding hydrogens is 399 g/mol. The second kappa shape index (κ2) is 7.19. The Labute approximate surface area is 138 Å². The summed E-state index contributed by atoms with van der Waals surface area (Å²) >= 11 is 0. The lowest BCUT2D eigenvalue weighted by molar-refractivity contribution is -0.452. The molecule has 1 unspecified atom stereocenters. The average molecular weight is 408 g/mol. The van der Waals surface area contributed by atoms with Crippen LogP contribution in [0.15, 0.2) is 0 Å². The fraction of sp³-hybridized carbons (Fsp3) is 0.818. The first-order valence-corrected chi connectivity index (χ1v) is 6.44. The molecule has 1 saturated heterocycles. The van der Waals surface area contributed by atoms with Gasteiger partial charge in [-0.2, -0.15) is 35.1 Å². The van der Waals surface area contributed by atoms with E-state index in [1.165, 1.54) is 0 Å². The minimum absolute atomic E-state index is 0.858. The Hall–Kier alpha value is -1.61. The zero-order valence-corrected chi connectivity index (χ0v) is 12.4. The fourth-order valence-corrected chi connectivity index (χ4v) is 1.43. The molecule has 1 heterocycles. The molecule has 6 nitrogen and oxygen atoms in total. The van der Waals surface area contributed by atoms with Crippen LogP contribution in [0.25, 0.3) is 0 Å². The highest BCUT2D eigenvalue weighted by molar-refractivity contribution is 5.99. The summed E-state index contributed by atoms with van der Waals surface area (Å²) in [6, 6.07) is 0. The van der Waals surface area contributed by atoms with Gasteiger partial charge in [0.2, 0.25) is 12.3 Å². The molecule has 1 aliphatic heterocycles. The molecule has 0 aromatic carbocycles. The van der Waals surface area contributed by atoms with E-state index in [-0.39, 0.29) is 0 Å². The standard InChI is InChI=1S/C11H9F9O6/c1-2-23-9(15,16)8(13,14)3-24-10(17,18)11(19,20)26-5-4(12)6(21)25-7(5)22/h4-5H,2-3H2,1H3/t4-,5?/m0/s1. The van der Waals surface area contributed by atoms with E-state index in [4.69, 9.17) is 0 Å². The highest BCUT2D eigenvalue weighted by atomic mass is 19.3. The van der Waals surface area contributed by atoms with E-state index in [0.29, 0.717) is 0 Å². The Morgan fingerprint density at radius 3 is 1.85 bits per heavy atom. The minimum atomic E-state index is -6.02. The third-order valence-corrected chi connectivity index (χ3v) is 2.72. The zero-order valence-electron chi connectivity index (χ0n) is 12.4. The van der Waals surface area contributed by atoms with E-state index in [1.54, 1.807) is 0 Å². The van der Waals surface area contributed by atoms with Crippen molar-refractivity contribution in [1.82, 2.24) is 0 Å². The smallest absolute Gasteiger partial charge is 0.389 e. The summed E-state index contributed by atoms with van der Waals surface area (Å²) in [5.41, 5.74) is 0. The number of alkyl halides is 9. The Bertz CT molecular complexity index is 552. The molecule has 1 aliphatic rings. The summed E-state index contributed by atoms with van der Waals surface area (Å²) in [6.07, 6.45) is -23.7. The van der Waals surface area contributed by atoms with Crippen LogP contribution in [0.2, 0.25) is 0 Å². The van der Waals surface area contributed by atoms with E-state index in [9.17, 15) is 49.1 Å². The molecule has 26 heavy (non-hydrogen) atoms. The van der Waals surface area contributed by atoms with Gasteiger partial charge in [0.15, 0.2) is 0 Å². The van der Waals surface area contributed by atoms with Crippen LogP contribution in [0.3, 0.4) is 0 Å². The van der Waals surface area contributed by atoms with Crippen molar-refractivity contribution < 1.29 is 68.1 Å². The van der Waals surface area contributed by atoms with E-state index in [2.05, 4.69) is 18.9 Å². The number of esters is 2. The van der Waals surface area contributed by atoms with Gasteiger partial charge in [0.05, 0.1) is 6.61 Å². The molecular formula is C11H9F9O6. The molecule has 0 aromatic heterocycles. The summed E-state index contributed by atoms with van der Waals surface area (Å²) in [7, 11) is 0. The lowest BCUT2D eigenvalue weighted by atomic mass is 10.2. The molecule has 15 heteroatoms. The maximum Gasteiger partial charge on any atom is 0.449 e. The van der Waals surface area contributed by atoms with Crippen molar-refractivity contribution in [3.8, 4) is 0 Å². The topological polar surface area (TPSA) is 71.1 Å². The molecule has 2 atom stereocenters. The van der Waals surface area contributed by atoms with E-state index in [0.717, 1.165) is 6.92 Å².